The summed E-state index contributed by atoms with van der Waals surface area (Å²) >= 11 is 0. The Kier molecular flexibility index (Phi) is 5.53. The van der Waals surface area contributed by atoms with Crippen molar-refractivity contribution >= 4 is 5.91 Å². The van der Waals surface area contributed by atoms with Gasteiger partial charge in [0.25, 0.3) is 5.91 Å². The summed E-state index contributed by atoms with van der Waals surface area (Å²) in [5, 5.41) is 7.30. The summed E-state index contributed by atoms with van der Waals surface area (Å²) in [6.07, 6.45) is 4.47. The lowest BCUT2D eigenvalue weighted by Gasteiger charge is -2.12. The molecule has 144 valence electrons. The Morgan fingerprint density at radius 1 is 1.00 bits per heavy atom. The minimum Gasteiger partial charge on any atom is -0.348 e. The molecule has 2 aromatic carbocycles. The van der Waals surface area contributed by atoms with E-state index in [-0.39, 0.29) is 5.91 Å². The molecular weight excluding hydrogens is 348 g/mol. The molecule has 0 radical (unpaired) electrons. The first kappa shape index (κ1) is 18.4. The van der Waals surface area contributed by atoms with Crippen molar-refractivity contribution in [2.24, 2.45) is 0 Å². The molecule has 1 amide bonds. The fourth-order valence-electron chi connectivity index (χ4n) is 3.79. The van der Waals surface area contributed by atoms with Gasteiger partial charge in [0.05, 0.1) is 18.8 Å². The van der Waals surface area contributed by atoms with Gasteiger partial charge >= 0.3 is 0 Å². The molecule has 1 aromatic heterocycles. The molecule has 2 heterocycles. The van der Waals surface area contributed by atoms with Crippen LogP contribution in [0.25, 0.3) is 5.69 Å². The maximum Gasteiger partial charge on any atom is 0.251 e. The molecule has 4 rings (SSSR count). The monoisotopic (exact) mass is 375 g/mol. The Morgan fingerprint density at radius 2 is 1.68 bits per heavy atom. The van der Waals surface area contributed by atoms with Crippen LogP contribution in [0.1, 0.15) is 40.0 Å². The number of hydrogen-bond acceptors (Lipinski definition) is 2. The number of nitrogens with zero attached hydrogens (tertiary/aromatic N) is 2. The average Bonchev–Trinajstić information content (AvgIpc) is 3.39. The predicted octanol–water partition coefficient (Wildman–Crippen LogP) is 2.29. The van der Waals surface area contributed by atoms with Crippen LogP contribution < -0.4 is 10.2 Å². The molecule has 0 bridgehead atoms. The van der Waals surface area contributed by atoms with Crippen LogP contribution in [0.15, 0.2) is 60.8 Å². The molecule has 0 saturated carbocycles. The van der Waals surface area contributed by atoms with Crippen molar-refractivity contribution in [1.29, 1.82) is 0 Å². The van der Waals surface area contributed by atoms with Crippen LogP contribution in [0.5, 0.6) is 0 Å². The lowest BCUT2D eigenvalue weighted by molar-refractivity contribution is -0.901. The van der Waals surface area contributed by atoms with Crippen LogP contribution in [0, 0.1) is 6.92 Å². The summed E-state index contributed by atoms with van der Waals surface area (Å²) < 4.78 is 1.85. The summed E-state index contributed by atoms with van der Waals surface area (Å²) in [5.41, 5.74) is 5.17. The van der Waals surface area contributed by atoms with E-state index in [4.69, 9.17) is 0 Å². The summed E-state index contributed by atoms with van der Waals surface area (Å²) in [5.74, 6) is -0.0608. The van der Waals surface area contributed by atoms with E-state index in [0.29, 0.717) is 12.1 Å². The number of hydrogen-bond donors (Lipinski definition) is 2. The van der Waals surface area contributed by atoms with Crippen molar-refractivity contribution in [3.63, 3.8) is 0 Å². The smallest absolute Gasteiger partial charge is 0.251 e. The number of aryl methyl sites for hydroxylation is 1. The van der Waals surface area contributed by atoms with E-state index in [1.165, 1.54) is 31.5 Å². The second-order valence-electron chi connectivity index (χ2n) is 7.56. The van der Waals surface area contributed by atoms with Gasteiger partial charge in [-0.1, -0.05) is 24.3 Å². The van der Waals surface area contributed by atoms with Gasteiger partial charge in [-0.3, -0.25) is 4.79 Å². The Morgan fingerprint density at radius 3 is 2.32 bits per heavy atom. The highest BCUT2D eigenvalue weighted by atomic mass is 16.1. The summed E-state index contributed by atoms with van der Waals surface area (Å²) in [6.45, 7) is 6.23. The van der Waals surface area contributed by atoms with Crippen LogP contribution in [-0.2, 0) is 13.1 Å². The van der Waals surface area contributed by atoms with Crippen LogP contribution in [0.4, 0.5) is 0 Å². The second kappa shape index (κ2) is 8.40. The number of rotatable bonds is 6. The molecule has 1 saturated heterocycles. The number of carbonyl (C=O) groups excluding carboxylic acids is 1. The van der Waals surface area contributed by atoms with Crippen molar-refractivity contribution in [3.8, 4) is 5.69 Å². The van der Waals surface area contributed by atoms with E-state index >= 15 is 0 Å². The summed E-state index contributed by atoms with van der Waals surface area (Å²) in [4.78, 5) is 14.1. The normalized spacial score (nSPS) is 14.3. The lowest BCUT2D eigenvalue weighted by atomic mass is 10.1. The summed E-state index contributed by atoms with van der Waals surface area (Å²) in [7, 11) is 0. The van der Waals surface area contributed by atoms with Crippen molar-refractivity contribution < 1.29 is 9.69 Å². The van der Waals surface area contributed by atoms with E-state index in [0.717, 1.165) is 23.5 Å². The number of nitrogens with one attached hydrogen (secondary N) is 2. The van der Waals surface area contributed by atoms with E-state index in [2.05, 4.69) is 34.7 Å². The molecule has 0 aliphatic carbocycles. The molecule has 1 aliphatic heterocycles. The maximum absolute atomic E-state index is 12.4. The Labute approximate surface area is 166 Å². The second-order valence-corrected chi connectivity index (χ2v) is 7.56. The largest absolute Gasteiger partial charge is 0.348 e. The van der Waals surface area contributed by atoms with Gasteiger partial charge in [0.2, 0.25) is 0 Å². The molecule has 28 heavy (non-hydrogen) atoms. The van der Waals surface area contributed by atoms with Crippen molar-refractivity contribution in [1.82, 2.24) is 15.1 Å². The van der Waals surface area contributed by atoms with Crippen LogP contribution >= 0.6 is 0 Å². The van der Waals surface area contributed by atoms with Gasteiger partial charge in [0.15, 0.2) is 0 Å². The average molecular weight is 375 g/mol. The van der Waals surface area contributed by atoms with Crippen LogP contribution in [0.3, 0.4) is 0 Å². The highest BCUT2D eigenvalue weighted by Gasteiger charge is 2.15. The zero-order chi connectivity index (χ0) is 19.3. The maximum atomic E-state index is 12.4. The van der Waals surface area contributed by atoms with Crippen LogP contribution in [-0.4, -0.2) is 28.8 Å². The molecule has 5 nitrogen and oxygen atoms in total. The van der Waals surface area contributed by atoms with Gasteiger partial charge in [0.1, 0.15) is 6.54 Å². The topological polar surface area (TPSA) is 51.4 Å². The Hall–Kier alpha value is -2.92. The van der Waals surface area contributed by atoms with Gasteiger partial charge in [-0.25, -0.2) is 4.68 Å². The van der Waals surface area contributed by atoms with E-state index in [1.54, 1.807) is 11.1 Å². The van der Waals surface area contributed by atoms with Crippen molar-refractivity contribution in [2.75, 3.05) is 13.1 Å². The first-order valence-corrected chi connectivity index (χ1v) is 10.00. The third kappa shape index (κ3) is 4.31. The summed E-state index contributed by atoms with van der Waals surface area (Å²) in [6, 6.07) is 18.1. The minimum absolute atomic E-state index is 0.0608. The number of aromatic nitrogens is 2. The molecular formula is C23H27N4O+. The molecule has 0 unspecified atom stereocenters. The Bertz CT molecular complexity index is 922. The van der Waals surface area contributed by atoms with Crippen molar-refractivity contribution in [2.45, 2.75) is 32.9 Å². The minimum atomic E-state index is -0.0608. The van der Waals surface area contributed by atoms with Gasteiger partial charge in [-0.05, 0) is 42.8 Å². The molecule has 2 N–H and O–H groups in total. The van der Waals surface area contributed by atoms with Gasteiger partial charge < -0.3 is 10.2 Å². The van der Waals surface area contributed by atoms with Gasteiger partial charge in [-0.15, -0.1) is 0 Å². The molecule has 0 atom stereocenters. The fraction of sp³-hybridized carbons (Fsp3) is 0.304. The first-order valence-electron chi connectivity index (χ1n) is 10.00. The molecule has 0 spiro atoms. The van der Waals surface area contributed by atoms with Gasteiger partial charge in [0, 0.05) is 42.4 Å². The molecule has 5 heteroatoms. The number of benzene rings is 2. The number of amides is 1. The first-order chi connectivity index (χ1) is 13.7. The molecule has 1 fully saturated rings. The van der Waals surface area contributed by atoms with Crippen LogP contribution in [0.2, 0.25) is 0 Å². The van der Waals surface area contributed by atoms with E-state index < -0.39 is 0 Å². The third-order valence-corrected chi connectivity index (χ3v) is 5.45. The highest BCUT2D eigenvalue weighted by molar-refractivity contribution is 5.94. The van der Waals surface area contributed by atoms with E-state index in [9.17, 15) is 4.79 Å². The number of likely N-dealkylation sites (tertiary alicyclic amines) is 1. The fourth-order valence-corrected chi connectivity index (χ4v) is 3.79. The van der Waals surface area contributed by atoms with Crippen molar-refractivity contribution in [3.05, 3.63) is 83.2 Å². The third-order valence-electron chi connectivity index (χ3n) is 5.45. The predicted molar refractivity (Wildman–Crippen MR) is 110 cm³/mol. The molecule has 1 aliphatic rings. The van der Waals surface area contributed by atoms with Gasteiger partial charge in [-0.2, -0.15) is 5.10 Å². The SMILES string of the molecule is Cc1ccnn1-c1ccc(C(=O)NCc2ccc(C[NH+]3CCCC3)cc2)cc1. The lowest BCUT2D eigenvalue weighted by Crippen LogP contribution is -3.08. The Balaban J connectivity index is 1.32. The zero-order valence-corrected chi connectivity index (χ0v) is 16.3. The number of quaternary nitrogens is 1. The quantitative estimate of drug-likeness (QED) is 0.695. The highest BCUT2D eigenvalue weighted by Crippen LogP contribution is 2.12. The molecule has 3 aromatic rings. The van der Waals surface area contributed by atoms with E-state index in [1.807, 2.05) is 41.9 Å². The zero-order valence-electron chi connectivity index (χ0n) is 16.3. The standard InChI is InChI=1S/C23H26N4O/c1-18-12-13-25-27(18)22-10-8-21(9-11-22)23(28)24-16-19-4-6-20(7-5-19)17-26-14-2-3-15-26/h4-13H,2-3,14-17H2,1H3,(H,24,28)/p+1. The number of carbonyl (C=O) groups is 1.